The van der Waals surface area contributed by atoms with E-state index in [-0.39, 0.29) is 16.1 Å². The van der Waals surface area contributed by atoms with E-state index in [4.69, 9.17) is 5.73 Å². The highest BCUT2D eigenvalue weighted by atomic mass is 32.2. The zero-order valence-corrected chi connectivity index (χ0v) is 14.3. The molecule has 0 saturated heterocycles. The van der Waals surface area contributed by atoms with Crippen molar-refractivity contribution in [2.45, 2.75) is 43.8 Å². The van der Waals surface area contributed by atoms with Gasteiger partial charge in [0.15, 0.2) is 9.84 Å². The molecule has 0 atom stereocenters. The topological polar surface area (TPSA) is 73.0 Å². The lowest BCUT2D eigenvalue weighted by molar-refractivity contribution is 0.570. The van der Waals surface area contributed by atoms with Gasteiger partial charge in [-0.05, 0) is 18.6 Å². The zero-order chi connectivity index (χ0) is 15.8. The average Bonchev–Trinajstić information content (AvgIpc) is 2.80. The summed E-state index contributed by atoms with van der Waals surface area (Å²) in [4.78, 5) is 4.63. The summed E-state index contributed by atoms with van der Waals surface area (Å²) in [6.07, 6.45) is 0. The number of nitrogens with two attached hydrogens (primary N) is 1. The van der Waals surface area contributed by atoms with Crippen LogP contribution in [-0.2, 0) is 21.0 Å². The van der Waals surface area contributed by atoms with Crippen molar-refractivity contribution in [2.75, 3.05) is 5.73 Å². The number of aromatic nitrogens is 1. The molecule has 0 fully saturated rings. The Balaban J connectivity index is 2.34. The minimum atomic E-state index is -3.48. The first-order chi connectivity index (χ1) is 9.61. The maximum atomic E-state index is 12.5. The number of thiazole rings is 1. The van der Waals surface area contributed by atoms with Crippen molar-refractivity contribution in [3.63, 3.8) is 0 Å². The SMILES string of the molecule is Cc1cccc(S(=O)(=O)Cc2nc(C(C)(C)C)cs2)c1N. The molecule has 0 unspecified atom stereocenters. The Hall–Kier alpha value is -1.40. The van der Waals surface area contributed by atoms with Crippen molar-refractivity contribution >= 4 is 26.9 Å². The molecule has 114 valence electrons. The lowest BCUT2D eigenvalue weighted by Gasteiger charge is -2.14. The standard InChI is InChI=1S/C15H20N2O2S2/c1-10-6-5-7-11(14(10)16)21(18,19)9-13-17-12(8-20-13)15(2,3)4/h5-8H,9,16H2,1-4H3. The second kappa shape index (κ2) is 5.42. The van der Waals surface area contributed by atoms with Gasteiger partial charge < -0.3 is 5.73 Å². The summed E-state index contributed by atoms with van der Waals surface area (Å²) >= 11 is 1.38. The third kappa shape index (κ3) is 3.44. The Morgan fingerprint density at radius 2 is 1.95 bits per heavy atom. The molecule has 0 bridgehead atoms. The lowest BCUT2D eigenvalue weighted by Crippen LogP contribution is -2.12. The van der Waals surface area contributed by atoms with Crippen molar-refractivity contribution in [1.29, 1.82) is 0 Å². The summed E-state index contributed by atoms with van der Waals surface area (Å²) in [6.45, 7) is 7.96. The summed E-state index contributed by atoms with van der Waals surface area (Å²) in [5, 5.41) is 2.52. The Bertz CT molecular complexity index is 756. The molecule has 2 aromatic rings. The fourth-order valence-corrected chi connectivity index (χ4v) is 4.76. The number of hydrogen-bond donors (Lipinski definition) is 1. The molecule has 1 heterocycles. The highest BCUT2D eigenvalue weighted by Gasteiger charge is 2.23. The van der Waals surface area contributed by atoms with Crippen LogP contribution in [0.25, 0.3) is 0 Å². The highest BCUT2D eigenvalue weighted by molar-refractivity contribution is 7.91. The van der Waals surface area contributed by atoms with E-state index in [1.165, 1.54) is 11.3 Å². The number of hydrogen-bond acceptors (Lipinski definition) is 5. The molecule has 0 aliphatic rings. The molecule has 6 heteroatoms. The smallest absolute Gasteiger partial charge is 0.186 e. The zero-order valence-electron chi connectivity index (χ0n) is 12.7. The quantitative estimate of drug-likeness (QED) is 0.879. The Morgan fingerprint density at radius 1 is 1.29 bits per heavy atom. The summed E-state index contributed by atoms with van der Waals surface area (Å²) in [7, 11) is -3.48. The van der Waals surface area contributed by atoms with Crippen LogP contribution in [0.3, 0.4) is 0 Å². The normalized spacial score (nSPS) is 12.6. The number of aryl methyl sites for hydroxylation is 1. The molecule has 0 aliphatic carbocycles. The monoisotopic (exact) mass is 324 g/mol. The number of sulfone groups is 1. The molecule has 0 radical (unpaired) electrons. The van der Waals surface area contributed by atoms with E-state index in [1.54, 1.807) is 25.1 Å². The van der Waals surface area contributed by atoms with Crippen LogP contribution in [0.2, 0.25) is 0 Å². The van der Waals surface area contributed by atoms with Crippen LogP contribution in [0.5, 0.6) is 0 Å². The molecule has 2 N–H and O–H groups in total. The number of benzene rings is 1. The number of nitrogens with zero attached hydrogens (tertiary/aromatic N) is 1. The van der Waals surface area contributed by atoms with Gasteiger partial charge in [-0.3, -0.25) is 0 Å². The van der Waals surface area contributed by atoms with Gasteiger partial charge in [-0.25, -0.2) is 13.4 Å². The molecule has 1 aromatic carbocycles. The molecule has 2 rings (SSSR count). The molecule has 1 aromatic heterocycles. The fourth-order valence-electron chi connectivity index (χ4n) is 1.89. The predicted molar refractivity (Wildman–Crippen MR) is 87.3 cm³/mol. The number of para-hydroxylation sites is 1. The van der Waals surface area contributed by atoms with Crippen molar-refractivity contribution in [3.05, 3.63) is 39.8 Å². The lowest BCUT2D eigenvalue weighted by atomic mass is 9.93. The first kappa shape index (κ1) is 16.0. The van der Waals surface area contributed by atoms with Gasteiger partial charge in [0.05, 0.1) is 16.3 Å². The third-order valence-corrected chi connectivity index (χ3v) is 5.96. The summed E-state index contributed by atoms with van der Waals surface area (Å²) in [6, 6.07) is 5.06. The molecule has 4 nitrogen and oxygen atoms in total. The van der Waals surface area contributed by atoms with Crippen LogP contribution in [0, 0.1) is 6.92 Å². The van der Waals surface area contributed by atoms with Gasteiger partial charge in [-0.2, -0.15) is 0 Å². The average molecular weight is 324 g/mol. The van der Waals surface area contributed by atoms with Gasteiger partial charge in [0.1, 0.15) is 10.8 Å². The molecular weight excluding hydrogens is 304 g/mol. The minimum absolute atomic E-state index is 0.0825. The molecule has 0 saturated carbocycles. The van der Waals surface area contributed by atoms with Crippen LogP contribution in [0.4, 0.5) is 5.69 Å². The van der Waals surface area contributed by atoms with Crippen molar-refractivity contribution in [1.82, 2.24) is 4.98 Å². The van der Waals surface area contributed by atoms with Crippen molar-refractivity contribution < 1.29 is 8.42 Å². The van der Waals surface area contributed by atoms with Gasteiger partial charge >= 0.3 is 0 Å². The Kier molecular flexibility index (Phi) is 4.13. The number of nitrogen functional groups attached to an aromatic ring is 1. The van der Waals surface area contributed by atoms with Gasteiger partial charge in [-0.1, -0.05) is 32.9 Å². The maximum absolute atomic E-state index is 12.5. The minimum Gasteiger partial charge on any atom is -0.397 e. The third-order valence-electron chi connectivity index (χ3n) is 3.25. The summed E-state index contributed by atoms with van der Waals surface area (Å²) in [5.41, 5.74) is 7.82. The van der Waals surface area contributed by atoms with E-state index in [0.717, 1.165) is 11.3 Å². The second-order valence-electron chi connectivity index (χ2n) is 6.12. The number of rotatable bonds is 3. The van der Waals surface area contributed by atoms with Crippen LogP contribution in [0.15, 0.2) is 28.5 Å². The first-order valence-corrected chi connectivity index (χ1v) is 9.17. The molecule has 0 amide bonds. The van der Waals surface area contributed by atoms with Gasteiger partial charge in [0, 0.05) is 10.8 Å². The van der Waals surface area contributed by atoms with Crippen LogP contribution >= 0.6 is 11.3 Å². The summed E-state index contributed by atoms with van der Waals surface area (Å²) in [5.74, 6) is -0.110. The maximum Gasteiger partial charge on any atom is 0.186 e. The largest absolute Gasteiger partial charge is 0.397 e. The molecular formula is C15H20N2O2S2. The second-order valence-corrected chi connectivity index (χ2v) is 9.02. The molecule has 0 spiro atoms. The van der Waals surface area contributed by atoms with Gasteiger partial charge in [0.25, 0.3) is 0 Å². The Labute approximate surface area is 130 Å². The van der Waals surface area contributed by atoms with Crippen LogP contribution in [0.1, 0.15) is 37.0 Å². The van der Waals surface area contributed by atoms with Gasteiger partial charge in [-0.15, -0.1) is 11.3 Å². The predicted octanol–water partition coefficient (Wildman–Crippen LogP) is 3.31. The highest BCUT2D eigenvalue weighted by Crippen LogP contribution is 2.28. The van der Waals surface area contributed by atoms with Crippen molar-refractivity contribution in [3.8, 4) is 0 Å². The molecule has 21 heavy (non-hydrogen) atoms. The van der Waals surface area contributed by atoms with Crippen molar-refractivity contribution in [2.24, 2.45) is 0 Å². The van der Waals surface area contributed by atoms with E-state index in [1.807, 2.05) is 5.38 Å². The first-order valence-electron chi connectivity index (χ1n) is 6.64. The van der Waals surface area contributed by atoms with Crippen LogP contribution in [-0.4, -0.2) is 13.4 Å². The van der Waals surface area contributed by atoms with Crippen LogP contribution < -0.4 is 5.73 Å². The summed E-state index contributed by atoms with van der Waals surface area (Å²) < 4.78 is 25.0. The number of anilines is 1. The van der Waals surface area contributed by atoms with E-state index >= 15 is 0 Å². The van der Waals surface area contributed by atoms with E-state index in [9.17, 15) is 8.42 Å². The van der Waals surface area contributed by atoms with E-state index in [0.29, 0.717) is 10.7 Å². The van der Waals surface area contributed by atoms with E-state index < -0.39 is 9.84 Å². The van der Waals surface area contributed by atoms with Gasteiger partial charge in [0.2, 0.25) is 0 Å². The van der Waals surface area contributed by atoms with E-state index in [2.05, 4.69) is 25.8 Å². The fraction of sp³-hybridized carbons (Fsp3) is 0.400. The Morgan fingerprint density at radius 3 is 2.52 bits per heavy atom. The molecule has 0 aliphatic heterocycles.